The highest BCUT2D eigenvalue weighted by Crippen LogP contribution is 2.14. The minimum Gasteiger partial charge on any atom is -0.481 e. The summed E-state index contributed by atoms with van der Waals surface area (Å²) in [5.41, 5.74) is 0. The standard InChI is InChI=1S/C9H10ClNO4/c1-11(5-4-8(12)13)9(14)6-2-3-7(10)15-6/h2-3H,4-5H2,1H3,(H,12,13). The minimum atomic E-state index is -0.952. The van der Waals surface area contributed by atoms with Crippen molar-refractivity contribution in [2.45, 2.75) is 6.42 Å². The molecule has 5 nitrogen and oxygen atoms in total. The first kappa shape index (κ1) is 11.6. The number of hydrogen-bond donors (Lipinski definition) is 1. The summed E-state index contributed by atoms with van der Waals surface area (Å²) in [6.07, 6.45) is -0.101. The third-order valence-corrected chi connectivity index (χ3v) is 1.99. The second-order valence-corrected chi connectivity index (χ2v) is 3.35. The molecule has 0 aliphatic heterocycles. The van der Waals surface area contributed by atoms with E-state index < -0.39 is 5.97 Å². The molecule has 0 saturated carbocycles. The second-order valence-electron chi connectivity index (χ2n) is 2.97. The molecule has 0 atom stereocenters. The van der Waals surface area contributed by atoms with E-state index in [1.165, 1.54) is 24.1 Å². The van der Waals surface area contributed by atoms with Gasteiger partial charge in [0.15, 0.2) is 11.0 Å². The van der Waals surface area contributed by atoms with Gasteiger partial charge in [0.1, 0.15) is 0 Å². The summed E-state index contributed by atoms with van der Waals surface area (Å²) < 4.78 is 4.90. The lowest BCUT2D eigenvalue weighted by Gasteiger charge is -2.13. The molecule has 1 amide bonds. The van der Waals surface area contributed by atoms with Gasteiger partial charge < -0.3 is 14.4 Å². The van der Waals surface area contributed by atoms with Crippen molar-refractivity contribution in [3.05, 3.63) is 23.1 Å². The van der Waals surface area contributed by atoms with Crippen LogP contribution in [0.5, 0.6) is 0 Å². The molecule has 15 heavy (non-hydrogen) atoms. The molecule has 1 aromatic heterocycles. The normalized spacial score (nSPS) is 10.0. The lowest BCUT2D eigenvalue weighted by molar-refractivity contribution is -0.137. The van der Waals surface area contributed by atoms with E-state index in [4.69, 9.17) is 21.1 Å². The average molecular weight is 232 g/mol. The van der Waals surface area contributed by atoms with Gasteiger partial charge in [-0.05, 0) is 23.7 Å². The molecule has 1 N–H and O–H groups in total. The summed E-state index contributed by atoms with van der Waals surface area (Å²) in [5, 5.41) is 8.57. The average Bonchev–Trinajstić information content (AvgIpc) is 2.60. The number of aliphatic carboxylic acids is 1. The Morgan fingerprint density at radius 2 is 2.20 bits per heavy atom. The van der Waals surface area contributed by atoms with Crippen LogP contribution in [0.15, 0.2) is 16.5 Å². The number of amides is 1. The fourth-order valence-electron chi connectivity index (χ4n) is 0.982. The van der Waals surface area contributed by atoms with Crippen molar-refractivity contribution in [3.63, 3.8) is 0 Å². The van der Waals surface area contributed by atoms with Crippen LogP contribution >= 0.6 is 11.6 Å². The first-order chi connectivity index (χ1) is 7.00. The maximum atomic E-state index is 11.6. The van der Waals surface area contributed by atoms with Crippen LogP contribution < -0.4 is 0 Å². The van der Waals surface area contributed by atoms with Gasteiger partial charge in [-0.15, -0.1) is 0 Å². The number of nitrogens with zero attached hydrogens (tertiary/aromatic N) is 1. The number of halogens is 1. The zero-order valence-corrected chi connectivity index (χ0v) is 8.82. The number of furan rings is 1. The Morgan fingerprint density at radius 1 is 1.53 bits per heavy atom. The summed E-state index contributed by atoms with van der Waals surface area (Å²) in [6, 6.07) is 2.90. The molecule has 82 valence electrons. The van der Waals surface area contributed by atoms with Gasteiger partial charge in [-0.25, -0.2) is 0 Å². The number of rotatable bonds is 4. The summed E-state index contributed by atoms with van der Waals surface area (Å²) in [4.78, 5) is 23.1. The van der Waals surface area contributed by atoms with E-state index >= 15 is 0 Å². The van der Waals surface area contributed by atoms with E-state index in [1.54, 1.807) is 0 Å². The molecule has 1 heterocycles. The Balaban J connectivity index is 2.57. The second kappa shape index (κ2) is 4.84. The molecule has 0 saturated heterocycles. The number of carboxylic acid groups (broad SMARTS) is 1. The molecule has 0 aliphatic carbocycles. The number of carbonyl (C=O) groups is 2. The molecule has 1 aromatic rings. The summed E-state index contributed by atoms with van der Waals surface area (Å²) in [6.45, 7) is 0.131. The van der Waals surface area contributed by atoms with Gasteiger partial charge in [-0.2, -0.15) is 0 Å². The predicted octanol–water partition coefficient (Wildman–Crippen LogP) is 1.48. The smallest absolute Gasteiger partial charge is 0.305 e. The third-order valence-electron chi connectivity index (χ3n) is 1.79. The van der Waals surface area contributed by atoms with Crippen LogP contribution in [0.3, 0.4) is 0 Å². The fourth-order valence-corrected chi connectivity index (χ4v) is 1.13. The van der Waals surface area contributed by atoms with Crippen LogP contribution in [0.25, 0.3) is 0 Å². The van der Waals surface area contributed by atoms with Gasteiger partial charge in [0, 0.05) is 13.6 Å². The Bertz CT molecular complexity index is 374. The van der Waals surface area contributed by atoms with Gasteiger partial charge in [0.05, 0.1) is 6.42 Å². The zero-order chi connectivity index (χ0) is 11.4. The van der Waals surface area contributed by atoms with E-state index in [1.807, 2.05) is 0 Å². The SMILES string of the molecule is CN(CCC(=O)O)C(=O)c1ccc(Cl)o1. The molecule has 0 spiro atoms. The minimum absolute atomic E-state index is 0.101. The van der Waals surface area contributed by atoms with Crippen LogP contribution in [0.4, 0.5) is 0 Å². The van der Waals surface area contributed by atoms with Gasteiger partial charge in [0.2, 0.25) is 0 Å². The molecule has 0 aromatic carbocycles. The van der Waals surface area contributed by atoms with E-state index in [0.29, 0.717) is 0 Å². The van der Waals surface area contributed by atoms with Crippen molar-refractivity contribution in [1.82, 2.24) is 4.90 Å². The summed E-state index contributed by atoms with van der Waals surface area (Å²) in [7, 11) is 1.50. The van der Waals surface area contributed by atoms with E-state index in [-0.39, 0.29) is 29.9 Å². The van der Waals surface area contributed by atoms with Gasteiger partial charge in [-0.1, -0.05) is 0 Å². The zero-order valence-electron chi connectivity index (χ0n) is 8.07. The number of hydrogen-bond acceptors (Lipinski definition) is 3. The van der Waals surface area contributed by atoms with Gasteiger partial charge in [0.25, 0.3) is 5.91 Å². The molecule has 1 rings (SSSR count). The highest BCUT2D eigenvalue weighted by Gasteiger charge is 2.16. The molecule has 0 aliphatic rings. The Morgan fingerprint density at radius 3 is 2.67 bits per heavy atom. The van der Waals surface area contributed by atoms with Crippen molar-refractivity contribution < 1.29 is 19.1 Å². The van der Waals surface area contributed by atoms with Crippen molar-refractivity contribution in [1.29, 1.82) is 0 Å². The summed E-state index contributed by atoms with van der Waals surface area (Å²) in [5.74, 6) is -1.23. The maximum absolute atomic E-state index is 11.6. The van der Waals surface area contributed by atoms with E-state index in [9.17, 15) is 9.59 Å². The molecule has 0 radical (unpaired) electrons. The third kappa shape index (κ3) is 3.28. The highest BCUT2D eigenvalue weighted by molar-refractivity contribution is 6.29. The predicted molar refractivity (Wildman–Crippen MR) is 52.9 cm³/mol. The van der Waals surface area contributed by atoms with Crippen molar-refractivity contribution in [2.75, 3.05) is 13.6 Å². The monoisotopic (exact) mass is 231 g/mol. The van der Waals surface area contributed by atoms with Crippen LogP contribution in [0, 0.1) is 0 Å². The molecular formula is C9H10ClNO4. The Hall–Kier alpha value is -1.49. The van der Waals surface area contributed by atoms with Gasteiger partial charge in [-0.3, -0.25) is 9.59 Å². The highest BCUT2D eigenvalue weighted by atomic mass is 35.5. The summed E-state index contributed by atoms with van der Waals surface area (Å²) >= 11 is 5.51. The van der Waals surface area contributed by atoms with Crippen LogP contribution in [-0.4, -0.2) is 35.5 Å². The van der Waals surface area contributed by atoms with Crippen molar-refractivity contribution in [3.8, 4) is 0 Å². The molecule has 0 unspecified atom stereocenters. The van der Waals surface area contributed by atoms with Crippen molar-refractivity contribution >= 4 is 23.5 Å². The lowest BCUT2D eigenvalue weighted by atomic mass is 10.3. The topological polar surface area (TPSA) is 70.8 Å². The lowest BCUT2D eigenvalue weighted by Crippen LogP contribution is -2.28. The number of carboxylic acids is 1. The van der Waals surface area contributed by atoms with Crippen LogP contribution in [0.1, 0.15) is 17.0 Å². The molecule has 6 heteroatoms. The number of carbonyl (C=O) groups excluding carboxylic acids is 1. The maximum Gasteiger partial charge on any atom is 0.305 e. The first-order valence-corrected chi connectivity index (χ1v) is 4.61. The fraction of sp³-hybridized carbons (Fsp3) is 0.333. The van der Waals surface area contributed by atoms with Crippen LogP contribution in [-0.2, 0) is 4.79 Å². The first-order valence-electron chi connectivity index (χ1n) is 4.23. The van der Waals surface area contributed by atoms with Crippen LogP contribution in [0.2, 0.25) is 5.22 Å². The molecular weight excluding hydrogens is 222 g/mol. The Labute approximate surface area is 91.2 Å². The van der Waals surface area contributed by atoms with Gasteiger partial charge >= 0.3 is 5.97 Å². The Kier molecular flexibility index (Phi) is 3.74. The van der Waals surface area contributed by atoms with E-state index in [2.05, 4.69) is 0 Å². The quantitative estimate of drug-likeness (QED) is 0.852. The largest absolute Gasteiger partial charge is 0.481 e. The molecule has 0 bridgehead atoms. The molecule has 0 fully saturated rings. The van der Waals surface area contributed by atoms with E-state index in [0.717, 1.165) is 0 Å². The van der Waals surface area contributed by atoms with Crippen molar-refractivity contribution in [2.24, 2.45) is 0 Å².